The molecule has 1 amide bonds. The van der Waals surface area contributed by atoms with Crippen molar-refractivity contribution in [2.45, 2.75) is 99.3 Å². The second-order valence-corrected chi connectivity index (χ2v) is 14.8. The molecule has 1 unspecified atom stereocenters. The second-order valence-electron chi connectivity index (χ2n) is 12.7. The van der Waals surface area contributed by atoms with Gasteiger partial charge in [-0.3, -0.25) is 4.79 Å². The third-order valence-corrected chi connectivity index (χ3v) is 11.1. The molecule has 3 aliphatic rings. The summed E-state index contributed by atoms with van der Waals surface area (Å²) < 4.78 is 74.7. The number of carbonyl (C=O) groups is 1. The fraction of sp³-hybridized carbons (Fsp3) is 0.500. The molecule has 1 heterocycles. The zero-order chi connectivity index (χ0) is 32.5. The van der Waals surface area contributed by atoms with Gasteiger partial charge < -0.3 is 20.1 Å². The smallest absolute Gasteiger partial charge is 0.298 e. The number of benzene rings is 3. The van der Waals surface area contributed by atoms with Crippen LogP contribution in [0.3, 0.4) is 0 Å². The lowest BCUT2D eigenvalue weighted by molar-refractivity contribution is -0.145. The van der Waals surface area contributed by atoms with Gasteiger partial charge in [-0.1, -0.05) is 29.8 Å². The first kappa shape index (κ1) is 32.9. The summed E-state index contributed by atoms with van der Waals surface area (Å²) in [4.78, 5) is 14.8. The molecule has 0 radical (unpaired) electrons. The Hall–Kier alpha value is -2.99. The summed E-state index contributed by atoms with van der Waals surface area (Å²) >= 11 is 6.31. The number of hydrogen-bond acceptors (Lipinski definition) is 6. The van der Waals surface area contributed by atoms with Gasteiger partial charge in [0, 0.05) is 24.7 Å². The number of ether oxygens (including phenoxy) is 2. The van der Waals surface area contributed by atoms with Crippen molar-refractivity contribution in [2.24, 2.45) is 5.73 Å². The summed E-state index contributed by atoms with van der Waals surface area (Å²) in [5, 5.41) is 1.49. The number of fused-ring (bicyclic) bond motifs is 1. The van der Waals surface area contributed by atoms with Gasteiger partial charge in [-0.15, -0.1) is 0 Å². The lowest BCUT2D eigenvalue weighted by Crippen LogP contribution is -2.58. The van der Waals surface area contributed by atoms with E-state index in [1.54, 1.807) is 18.2 Å². The first-order valence-electron chi connectivity index (χ1n) is 16.1. The summed E-state index contributed by atoms with van der Waals surface area (Å²) in [5.41, 5.74) is 5.41. The fourth-order valence-corrected chi connectivity index (χ4v) is 7.99. The molecule has 2 aliphatic carbocycles. The van der Waals surface area contributed by atoms with Gasteiger partial charge in [0.2, 0.25) is 15.9 Å². The van der Waals surface area contributed by atoms with Gasteiger partial charge in [-0.25, -0.2) is 8.42 Å². The maximum Gasteiger partial charge on any atom is 0.298 e. The summed E-state index contributed by atoms with van der Waals surface area (Å²) in [5.74, 6) is -4.21. The minimum Gasteiger partial charge on any atom is -0.490 e. The average Bonchev–Trinajstić information content (AvgIpc) is 3.75. The Kier molecular flexibility index (Phi) is 9.75. The van der Waals surface area contributed by atoms with Crippen LogP contribution in [0.1, 0.15) is 69.8 Å². The van der Waals surface area contributed by atoms with E-state index in [1.165, 1.54) is 23.1 Å². The fourth-order valence-electron chi connectivity index (χ4n) is 6.60. The molecule has 1 atom stereocenters. The standard InChI is InChI=1S/C34H40ClF2N3O5S/c35-30-14-11-24(21-31(30)45-27-7-3-4-8-27)34(36,37)32(33(41)40-17-15-25(38)16-18-40)39-46(42,43)29-13-10-22-19-28(12-9-23(22)20-29)44-26-5-1-2-6-26/h9-14,19-21,25-27,32,39H,1-8,15-18,38H2. The normalized spacial score (nSPS) is 19.5. The Morgan fingerprint density at radius 3 is 2.15 bits per heavy atom. The van der Waals surface area contributed by atoms with E-state index in [4.69, 9.17) is 26.8 Å². The number of amides is 1. The van der Waals surface area contributed by atoms with E-state index in [9.17, 15) is 13.2 Å². The van der Waals surface area contributed by atoms with Crippen LogP contribution in [0.25, 0.3) is 10.8 Å². The number of alkyl halides is 2. The molecule has 3 aromatic carbocycles. The van der Waals surface area contributed by atoms with Crippen LogP contribution in [-0.4, -0.2) is 56.6 Å². The number of likely N-dealkylation sites (tertiary alicyclic amines) is 1. The highest BCUT2D eigenvalue weighted by Gasteiger charge is 2.50. The number of nitrogens with zero attached hydrogens (tertiary/aromatic N) is 1. The third kappa shape index (κ3) is 7.27. The van der Waals surface area contributed by atoms with Crippen LogP contribution in [0.4, 0.5) is 8.78 Å². The molecule has 1 aliphatic heterocycles. The number of sulfonamides is 1. The molecule has 3 fully saturated rings. The minimum atomic E-state index is -4.59. The molecule has 3 aromatic rings. The van der Waals surface area contributed by atoms with Crippen molar-refractivity contribution >= 4 is 38.3 Å². The number of hydrogen-bond donors (Lipinski definition) is 2. The molecule has 12 heteroatoms. The van der Waals surface area contributed by atoms with Crippen molar-refractivity contribution in [2.75, 3.05) is 13.1 Å². The lowest BCUT2D eigenvalue weighted by atomic mass is 9.98. The maximum atomic E-state index is 16.5. The lowest BCUT2D eigenvalue weighted by Gasteiger charge is -2.35. The Balaban J connectivity index is 1.30. The van der Waals surface area contributed by atoms with E-state index >= 15 is 8.78 Å². The molecular formula is C34H40ClF2N3O5S. The molecule has 0 bridgehead atoms. The molecule has 0 aromatic heterocycles. The van der Waals surface area contributed by atoms with Crippen LogP contribution in [0.2, 0.25) is 5.02 Å². The van der Waals surface area contributed by atoms with Crippen LogP contribution < -0.4 is 19.9 Å². The van der Waals surface area contributed by atoms with Crippen LogP contribution in [0.15, 0.2) is 59.5 Å². The molecule has 0 spiro atoms. The van der Waals surface area contributed by atoms with Crippen molar-refractivity contribution in [1.29, 1.82) is 0 Å². The van der Waals surface area contributed by atoms with Gasteiger partial charge in [0.15, 0.2) is 6.04 Å². The highest BCUT2D eigenvalue weighted by molar-refractivity contribution is 7.89. The van der Waals surface area contributed by atoms with E-state index in [2.05, 4.69) is 4.72 Å². The predicted molar refractivity (Wildman–Crippen MR) is 173 cm³/mol. The zero-order valence-electron chi connectivity index (χ0n) is 25.6. The monoisotopic (exact) mass is 675 g/mol. The number of carbonyl (C=O) groups excluding carboxylic acids is 1. The summed E-state index contributed by atoms with van der Waals surface area (Å²) in [6, 6.07) is 10.6. The Morgan fingerprint density at radius 2 is 1.48 bits per heavy atom. The molecule has 8 nitrogen and oxygen atoms in total. The number of rotatable bonds is 10. The predicted octanol–water partition coefficient (Wildman–Crippen LogP) is 6.52. The summed E-state index contributed by atoms with van der Waals surface area (Å²) in [7, 11) is -4.59. The van der Waals surface area contributed by atoms with E-state index in [1.807, 2.05) is 6.07 Å². The van der Waals surface area contributed by atoms with E-state index in [-0.39, 0.29) is 47.0 Å². The largest absolute Gasteiger partial charge is 0.490 e. The van der Waals surface area contributed by atoms with Gasteiger partial charge in [0.05, 0.1) is 22.1 Å². The van der Waals surface area contributed by atoms with Crippen molar-refractivity contribution in [3.05, 3.63) is 65.2 Å². The van der Waals surface area contributed by atoms with Gasteiger partial charge in [-0.2, -0.15) is 13.5 Å². The Bertz CT molecular complexity index is 1670. The molecule has 3 N–H and O–H groups in total. The third-order valence-electron chi connectivity index (χ3n) is 9.34. The quantitative estimate of drug-likeness (QED) is 0.253. The van der Waals surface area contributed by atoms with E-state index in [0.29, 0.717) is 24.0 Å². The first-order chi connectivity index (χ1) is 22.0. The van der Waals surface area contributed by atoms with E-state index < -0.39 is 33.5 Å². The maximum absolute atomic E-state index is 16.5. The zero-order valence-corrected chi connectivity index (χ0v) is 27.2. The number of nitrogens with one attached hydrogen (secondary N) is 1. The molecule has 2 saturated carbocycles. The van der Waals surface area contributed by atoms with Crippen molar-refractivity contribution < 1.29 is 31.5 Å². The van der Waals surface area contributed by atoms with Gasteiger partial charge >= 0.3 is 0 Å². The molecule has 6 rings (SSSR count). The number of piperidine rings is 1. The second kappa shape index (κ2) is 13.6. The topological polar surface area (TPSA) is 111 Å². The summed E-state index contributed by atoms with van der Waals surface area (Å²) in [6.07, 6.45) is 8.66. The Labute approximate surface area is 273 Å². The van der Waals surface area contributed by atoms with Crippen molar-refractivity contribution in [1.82, 2.24) is 9.62 Å². The molecule has 248 valence electrons. The average molecular weight is 676 g/mol. The van der Waals surface area contributed by atoms with Crippen LogP contribution in [0, 0.1) is 0 Å². The number of nitrogens with two attached hydrogens (primary N) is 1. The van der Waals surface area contributed by atoms with Crippen LogP contribution in [0.5, 0.6) is 11.5 Å². The van der Waals surface area contributed by atoms with E-state index in [0.717, 1.165) is 68.9 Å². The number of halogens is 3. The molecule has 46 heavy (non-hydrogen) atoms. The minimum absolute atomic E-state index is 0.0783. The first-order valence-corrected chi connectivity index (χ1v) is 18.0. The highest BCUT2D eigenvalue weighted by Crippen LogP contribution is 2.39. The molecule has 1 saturated heterocycles. The van der Waals surface area contributed by atoms with Gasteiger partial charge in [0.25, 0.3) is 5.92 Å². The van der Waals surface area contributed by atoms with Crippen LogP contribution in [-0.2, 0) is 20.7 Å². The SMILES string of the molecule is NC1CCN(C(=O)C(NS(=O)(=O)c2ccc3cc(OC4CCCC4)ccc3c2)C(F)(F)c2ccc(Cl)c(OC3CCCC3)c2)CC1. The van der Waals surface area contributed by atoms with Crippen LogP contribution >= 0.6 is 11.6 Å². The van der Waals surface area contributed by atoms with Crippen molar-refractivity contribution in [3.63, 3.8) is 0 Å². The highest BCUT2D eigenvalue weighted by atomic mass is 35.5. The summed E-state index contributed by atoms with van der Waals surface area (Å²) in [6.45, 7) is 0.290. The van der Waals surface area contributed by atoms with Crippen molar-refractivity contribution in [3.8, 4) is 11.5 Å². The Morgan fingerprint density at radius 1 is 0.870 bits per heavy atom. The van der Waals surface area contributed by atoms with Gasteiger partial charge in [-0.05, 0) is 111 Å². The van der Waals surface area contributed by atoms with Gasteiger partial charge in [0.1, 0.15) is 11.5 Å². The molecular weight excluding hydrogens is 636 g/mol.